The molecular weight excluding hydrogens is 456 g/mol. The molecule has 2 heterocycles. The van der Waals surface area contributed by atoms with Gasteiger partial charge in [-0.05, 0) is 88.9 Å². The van der Waals surface area contributed by atoms with Crippen LogP contribution in [0.15, 0.2) is 42.6 Å². The normalized spacial score (nSPS) is 18.5. The first-order valence-electron chi connectivity index (χ1n) is 12.5. The fourth-order valence-corrected chi connectivity index (χ4v) is 4.94. The lowest BCUT2D eigenvalue weighted by atomic mass is 9.90. The van der Waals surface area contributed by atoms with E-state index in [4.69, 9.17) is 14.2 Å². The highest BCUT2D eigenvalue weighted by molar-refractivity contribution is 5.96. The Bertz CT molecular complexity index is 1250. The minimum Gasteiger partial charge on any atom is -0.489 e. The van der Waals surface area contributed by atoms with E-state index in [-0.39, 0.29) is 18.0 Å². The van der Waals surface area contributed by atoms with Gasteiger partial charge in [-0.25, -0.2) is 9.59 Å². The lowest BCUT2D eigenvalue weighted by Crippen LogP contribution is -2.30. The smallest absolute Gasteiger partial charge is 0.419 e. The van der Waals surface area contributed by atoms with Crippen molar-refractivity contribution in [3.8, 4) is 5.75 Å². The number of nitrogens with zero attached hydrogens (tertiary/aromatic N) is 1. The third-order valence-corrected chi connectivity index (χ3v) is 6.57. The number of aryl methyl sites for hydroxylation is 2. The predicted molar refractivity (Wildman–Crippen MR) is 140 cm³/mol. The van der Waals surface area contributed by atoms with Gasteiger partial charge in [0, 0.05) is 24.0 Å². The summed E-state index contributed by atoms with van der Waals surface area (Å²) in [4.78, 5) is 24.8. The summed E-state index contributed by atoms with van der Waals surface area (Å²) in [5.41, 5.74) is 3.86. The minimum absolute atomic E-state index is 0.0709. The molecule has 1 aliphatic rings. The Morgan fingerprint density at radius 2 is 1.78 bits per heavy atom. The number of hydrogen-bond acceptors (Lipinski definition) is 6. The predicted octanol–water partition coefficient (Wildman–Crippen LogP) is 5.74. The van der Waals surface area contributed by atoms with Gasteiger partial charge in [-0.2, -0.15) is 0 Å². The van der Waals surface area contributed by atoms with E-state index in [1.54, 1.807) is 22.9 Å². The molecule has 0 saturated carbocycles. The van der Waals surface area contributed by atoms with Gasteiger partial charge in [0.2, 0.25) is 0 Å². The largest absolute Gasteiger partial charge is 0.489 e. The zero-order valence-electron chi connectivity index (χ0n) is 22.0. The number of benzene rings is 2. The van der Waals surface area contributed by atoms with Gasteiger partial charge in [-0.1, -0.05) is 18.2 Å². The van der Waals surface area contributed by atoms with Crippen molar-refractivity contribution in [1.29, 1.82) is 0 Å². The van der Waals surface area contributed by atoms with Gasteiger partial charge in [0.05, 0.1) is 18.2 Å². The van der Waals surface area contributed by atoms with E-state index in [9.17, 15) is 9.59 Å². The molecule has 1 saturated heterocycles. The van der Waals surface area contributed by atoms with Gasteiger partial charge < -0.3 is 19.5 Å². The lowest BCUT2D eigenvalue weighted by Gasteiger charge is -2.28. The SMILES string of the molecule is COC(=O)c1ccc([C@@H]2CNCCC[C@H]2Oc2c(C)cc(C)c3c2ccn3C(=O)OC(C)(C)C)cc1. The number of nitrogens with one attached hydrogen (secondary N) is 1. The Morgan fingerprint density at radius 3 is 2.44 bits per heavy atom. The van der Waals surface area contributed by atoms with Crippen LogP contribution in [-0.2, 0) is 9.47 Å². The summed E-state index contributed by atoms with van der Waals surface area (Å²) in [6.45, 7) is 11.3. The van der Waals surface area contributed by atoms with Gasteiger partial charge in [0.1, 0.15) is 17.5 Å². The Labute approximate surface area is 212 Å². The van der Waals surface area contributed by atoms with E-state index < -0.39 is 11.7 Å². The molecule has 0 unspecified atom stereocenters. The second-order valence-electron chi connectivity index (χ2n) is 10.5. The van der Waals surface area contributed by atoms with E-state index in [1.165, 1.54) is 7.11 Å². The standard InChI is InChI=1S/C29H36N2O5/c1-18-16-19(2)26(22-13-15-31(25(18)22)28(33)36-29(3,4)5)35-24-8-7-14-30-17-23(24)20-9-11-21(12-10-20)27(32)34-6/h9-13,15-16,23-24,30H,7-8,14,17H2,1-6H3/t23-,24+/m0/s1. The molecule has 1 aromatic heterocycles. The number of aromatic nitrogens is 1. The number of ether oxygens (including phenoxy) is 3. The fourth-order valence-electron chi connectivity index (χ4n) is 4.94. The molecule has 36 heavy (non-hydrogen) atoms. The van der Waals surface area contributed by atoms with Crippen LogP contribution in [0.3, 0.4) is 0 Å². The van der Waals surface area contributed by atoms with Crippen LogP contribution < -0.4 is 10.1 Å². The van der Waals surface area contributed by atoms with Crippen LogP contribution in [0.25, 0.3) is 10.9 Å². The molecule has 0 aliphatic carbocycles. The quantitative estimate of drug-likeness (QED) is 0.468. The summed E-state index contributed by atoms with van der Waals surface area (Å²) in [5, 5.41) is 4.42. The van der Waals surface area contributed by atoms with Crippen molar-refractivity contribution in [3.05, 3.63) is 64.8 Å². The molecule has 1 fully saturated rings. The van der Waals surface area contributed by atoms with Gasteiger partial charge in [0.15, 0.2) is 0 Å². The zero-order valence-corrected chi connectivity index (χ0v) is 22.0. The van der Waals surface area contributed by atoms with Gasteiger partial charge >= 0.3 is 12.1 Å². The van der Waals surface area contributed by atoms with E-state index in [0.717, 1.165) is 59.3 Å². The second-order valence-corrected chi connectivity index (χ2v) is 10.5. The average Bonchev–Trinajstić information content (AvgIpc) is 3.15. The van der Waals surface area contributed by atoms with E-state index in [2.05, 4.69) is 11.4 Å². The number of rotatable bonds is 4. The molecule has 4 rings (SSSR count). The first-order chi connectivity index (χ1) is 17.1. The van der Waals surface area contributed by atoms with Crippen LogP contribution >= 0.6 is 0 Å². The molecule has 7 nitrogen and oxygen atoms in total. The molecular formula is C29H36N2O5. The third kappa shape index (κ3) is 5.41. The maximum atomic E-state index is 12.9. The van der Waals surface area contributed by atoms with Crippen molar-refractivity contribution in [3.63, 3.8) is 0 Å². The Morgan fingerprint density at radius 1 is 1.06 bits per heavy atom. The highest BCUT2D eigenvalue weighted by atomic mass is 16.6. The molecule has 2 aromatic carbocycles. The van der Waals surface area contributed by atoms with Crippen molar-refractivity contribution >= 4 is 23.0 Å². The summed E-state index contributed by atoms with van der Waals surface area (Å²) >= 11 is 0. The van der Waals surface area contributed by atoms with Crippen LogP contribution in [-0.4, -0.2) is 48.5 Å². The first-order valence-corrected chi connectivity index (χ1v) is 12.5. The van der Waals surface area contributed by atoms with E-state index in [1.807, 2.05) is 52.8 Å². The number of esters is 1. The Kier molecular flexibility index (Phi) is 7.41. The molecule has 3 aromatic rings. The maximum Gasteiger partial charge on any atom is 0.419 e. The van der Waals surface area contributed by atoms with Gasteiger partial charge in [-0.3, -0.25) is 4.57 Å². The van der Waals surface area contributed by atoms with Crippen LogP contribution in [0.5, 0.6) is 5.75 Å². The number of methoxy groups -OCH3 is 1. The van der Waals surface area contributed by atoms with Gasteiger partial charge in [0.25, 0.3) is 0 Å². The van der Waals surface area contributed by atoms with Crippen molar-refractivity contribution in [2.75, 3.05) is 20.2 Å². The maximum absolute atomic E-state index is 12.9. The number of carbonyl (C=O) groups is 2. The molecule has 2 atom stereocenters. The van der Waals surface area contributed by atoms with Crippen molar-refractivity contribution in [1.82, 2.24) is 9.88 Å². The molecule has 1 aliphatic heterocycles. The second kappa shape index (κ2) is 10.3. The molecule has 7 heteroatoms. The van der Waals surface area contributed by atoms with Gasteiger partial charge in [-0.15, -0.1) is 0 Å². The van der Waals surface area contributed by atoms with E-state index >= 15 is 0 Å². The van der Waals surface area contributed by atoms with Crippen LogP contribution in [0.1, 0.15) is 66.6 Å². The average molecular weight is 493 g/mol. The molecule has 0 bridgehead atoms. The third-order valence-electron chi connectivity index (χ3n) is 6.57. The monoisotopic (exact) mass is 492 g/mol. The number of hydrogen-bond donors (Lipinski definition) is 1. The summed E-state index contributed by atoms with van der Waals surface area (Å²) in [5.74, 6) is 0.546. The summed E-state index contributed by atoms with van der Waals surface area (Å²) in [6, 6.07) is 11.6. The van der Waals surface area contributed by atoms with Crippen molar-refractivity contribution in [2.24, 2.45) is 0 Å². The van der Waals surface area contributed by atoms with Crippen LogP contribution in [0.4, 0.5) is 4.79 Å². The number of fused-ring (bicyclic) bond motifs is 1. The summed E-state index contributed by atoms with van der Waals surface area (Å²) in [7, 11) is 1.39. The first kappa shape index (κ1) is 25.8. The zero-order chi connectivity index (χ0) is 26.0. The van der Waals surface area contributed by atoms with Crippen molar-refractivity contribution in [2.45, 2.75) is 65.1 Å². The topological polar surface area (TPSA) is 78.8 Å². The Hall–Kier alpha value is -3.32. The van der Waals surface area contributed by atoms with Crippen LogP contribution in [0, 0.1) is 13.8 Å². The minimum atomic E-state index is -0.588. The summed E-state index contributed by atoms with van der Waals surface area (Å²) in [6.07, 6.45) is 3.17. The molecule has 0 spiro atoms. The molecule has 0 radical (unpaired) electrons. The van der Waals surface area contributed by atoms with E-state index in [0.29, 0.717) is 5.56 Å². The van der Waals surface area contributed by atoms with Crippen LogP contribution in [0.2, 0.25) is 0 Å². The molecule has 1 N–H and O–H groups in total. The lowest BCUT2D eigenvalue weighted by molar-refractivity contribution is 0.0542. The Balaban J connectivity index is 1.69. The molecule has 192 valence electrons. The number of carbonyl (C=O) groups excluding carboxylic acids is 2. The molecule has 0 amide bonds. The highest BCUT2D eigenvalue weighted by Gasteiger charge is 2.29. The summed E-state index contributed by atoms with van der Waals surface area (Å²) < 4.78 is 18.8. The highest BCUT2D eigenvalue weighted by Crippen LogP contribution is 2.37. The van der Waals surface area contributed by atoms with Crippen molar-refractivity contribution < 1.29 is 23.8 Å². The fraction of sp³-hybridized carbons (Fsp3) is 0.448.